The van der Waals surface area contributed by atoms with Crippen molar-refractivity contribution in [3.8, 4) is 0 Å². The molecule has 8 rings (SSSR count). The highest BCUT2D eigenvalue weighted by Gasteiger charge is 2.34. The molecule has 1 aliphatic carbocycles. The third-order valence-corrected chi connectivity index (χ3v) is 27.5. The summed E-state index contributed by atoms with van der Waals surface area (Å²) in [6.45, 7) is 16.3. The monoisotopic (exact) mass is 1910 g/mol. The fourth-order valence-electron chi connectivity index (χ4n) is 18.6. The van der Waals surface area contributed by atoms with E-state index in [0.717, 1.165) is 116 Å². The molecule has 6 heterocycles. The first-order valence-electron chi connectivity index (χ1n) is 56.4. The van der Waals surface area contributed by atoms with Crippen molar-refractivity contribution in [2.75, 3.05) is 39.6 Å². The molecule has 6 fully saturated rings. The third kappa shape index (κ3) is 70.9. The number of benzene rings is 1. The summed E-state index contributed by atoms with van der Waals surface area (Å²) in [6, 6.07) is 8.02. The van der Waals surface area contributed by atoms with Gasteiger partial charge in [-0.1, -0.05) is 393 Å². The fourth-order valence-corrected chi connectivity index (χ4v) is 18.6. The van der Waals surface area contributed by atoms with Crippen molar-refractivity contribution in [2.24, 2.45) is 35.5 Å². The van der Waals surface area contributed by atoms with Gasteiger partial charge in [-0.3, -0.25) is 67.1 Å². The minimum atomic E-state index is -0.315. The van der Waals surface area contributed by atoms with Gasteiger partial charge in [0.15, 0.2) is 0 Å². The van der Waals surface area contributed by atoms with Crippen molar-refractivity contribution in [1.29, 1.82) is 0 Å². The number of hydrogen-bond donors (Lipinski definition) is 0. The van der Waals surface area contributed by atoms with Gasteiger partial charge in [-0.2, -0.15) is 0 Å². The highest BCUT2D eigenvalue weighted by Crippen LogP contribution is 2.28. The molecule has 0 amide bonds. The Kier molecular flexibility index (Phi) is 81.7. The number of carbonyl (C=O) groups excluding carboxylic acids is 14. The van der Waals surface area contributed by atoms with Crippen LogP contribution in [0.2, 0.25) is 0 Å². The van der Waals surface area contributed by atoms with Crippen molar-refractivity contribution in [3.05, 3.63) is 35.4 Å². The molecule has 136 heavy (non-hydrogen) atoms. The Hall–Kier alpha value is -6.60. The molecular formula is C116H196O20. The Morgan fingerprint density at radius 1 is 0.206 bits per heavy atom. The van der Waals surface area contributed by atoms with E-state index in [4.69, 9.17) is 28.4 Å². The van der Waals surface area contributed by atoms with Gasteiger partial charge in [0.1, 0.15) is 46.3 Å². The molecule has 6 aliphatic heterocycles. The van der Waals surface area contributed by atoms with Gasteiger partial charge in [0.05, 0.1) is 81.6 Å². The van der Waals surface area contributed by atoms with E-state index in [9.17, 15) is 67.1 Å². The summed E-state index contributed by atoms with van der Waals surface area (Å²) in [5.74, 6) is -0.833. The molecule has 0 saturated carbocycles. The SMILES string of the molecule is CCCCCCCC(=O)CC(=O)CC1CCOC1=O.CCCCCCCCCCC(=O)CC1CCOC1=O.CCCCCCCCCCCC(=O)CC1CCOC1=O.CCCCCCCCCCCCC(=O)CC1CCOC1=O.CCCCCCCCCCCCCCC(=O)CC1CCOC1=O.CCCCCCCCCCCCCCCC(=O)CC1CCOC1=O.O=C1Cc2ccccc2C1. The standard InChI is InChI=1S/C21H38O3.C20H36O3.C18H32O3.C17H30O3.C16H28O3.C15H24O4.C9H8O/c1-2-3-4-5-6-7-8-9-10-11-12-13-14-15-20(22)18-19-16-17-24-21(19)23;1-2-3-4-5-6-7-8-9-10-11-12-13-14-19(21)17-18-15-16-23-20(18)22;1-2-3-4-5-6-7-8-9-10-11-12-17(19)15-16-13-14-21-18(16)20;1-2-3-4-5-6-7-8-9-10-11-16(18)14-15-12-13-20-17(15)19;1-2-3-4-5-6-7-8-9-10-15(17)13-14-11-12-19-16(14)18;1-2-3-4-5-6-7-13(16)11-14(17)10-12-8-9-19-15(12)18;10-9-5-7-3-1-2-4-8(7)6-9/h19H,2-18H2,1H3;18H,2-17H2,1H3;16H,2-15H2,1H3;15H,2-14H2,1H3;14H,2-13H2,1H3;12H,2-11H2,1H3;1-4H,5-6H2. The van der Waals surface area contributed by atoms with Gasteiger partial charge in [-0.15, -0.1) is 0 Å². The number of ether oxygens (including phenoxy) is 6. The first kappa shape index (κ1) is 125. The maximum absolute atomic E-state index is 11.8. The van der Waals surface area contributed by atoms with Crippen molar-refractivity contribution in [1.82, 2.24) is 0 Å². The Balaban J connectivity index is 0.000000541. The van der Waals surface area contributed by atoms with Crippen molar-refractivity contribution < 1.29 is 95.5 Å². The van der Waals surface area contributed by atoms with Crippen molar-refractivity contribution in [2.45, 2.75) is 542 Å². The van der Waals surface area contributed by atoms with Gasteiger partial charge in [0.2, 0.25) is 0 Å². The fraction of sp³-hybridized carbons (Fsp3) is 0.828. The van der Waals surface area contributed by atoms with Crippen LogP contribution in [0.5, 0.6) is 0 Å². The number of esters is 6. The van der Waals surface area contributed by atoms with Crippen LogP contribution in [-0.4, -0.2) is 122 Å². The van der Waals surface area contributed by atoms with Gasteiger partial charge in [0.25, 0.3) is 0 Å². The lowest BCUT2D eigenvalue weighted by Crippen LogP contribution is -2.16. The number of rotatable bonds is 77. The zero-order valence-electron chi connectivity index (χ0n) is 87.3. The molecule has 0 radical (unpaired) electrons. The van der Waals surface area contributed by atoms with Crippen LogP contribution in [0, 0.1) is 35.5 Å². The Morgan fingerprint density at radius 2 is 0.353 bits per heavy atom. The van der Waals surface area contributed by atoms with Gasteiger partial charge >= 0.3 is 35.8 Å². The second-order valence-electron chi connectivity index (χ2n) is 40.3. The van der Waals surface area contributed by atoms with Crippen LogP contribution in [0.4, 0.5) is 0 Å². The summed E-state index contributed by atoms with van der Waals surface area (Å²) in [5, 5.41) is 0. The number of carbonyl (C=O) groups is 14. The van der Waals surface area contributed by atoms with Crippen LogP contribution in [0.25, 0.3) is 0 Å². The molecule has 7 aliphatic rings. The molecule has 0 aromatic heterocycles. The number of ketones is 8. The molecule has 6 saturated heterocycles. The Morgan fingerprint density at radius 3 is 0.507 bits per heavy atom. The summed E-state index contributed by atoms with van der Waals surface area (Å²) in [7, 11) is 0. The quantitative estimate of drug-likeness (QED) is 0.0253. The lowest BCUT2D eigenvalue weighted by molar-refractivity contribution is -0.143. The summed E-state index contributed by atoms with van der Waals surface area (Å²) >= 11 is 0. The number of hydrogen-bond acceptors (Lipinski definition) is 20. The Labute approximate surface area is 826 Å². The van der Waals surface area contributed by atoms with Crippen LogP contribution < -0.4 is 0 Å². The smallest absolute Gasteiger partial charge is 0.309 e. The first-order valence-corrected chi connectivity index (χ1v) is 56.4. The molecule has 0 spiro atoms. The van der Waals surface area contributed by atoms with E-state index in [1.54, 1.807) is 0 Å². The van der Waals surface area contributed by atoms with E-state index in [1.165, 1.54) is 294 Å². The summed E-state index contributed by atoms with van der Waals surface area (Å²) in [5.41, 5.74) is 2.43. The van der Waals surface area contributed by atoms with Gasteiger partial charge in [-0.25, -0.2) is 0 Å². The summed E-state index contributed by atoms with van der Waals surface area (Å²) < 4.78 is 29.2. The predicted octanol–water partition coefficient (Wildman–Crippen LogP) is 29.1. The number of fused-ring (bicyclic) bond motifs is 1. The molecule has 20 nitrogen and oxygen atoms in total. The van der Waals surface area contributed by atoms with Gasteiger partial charge in [-0.05, 0) is 88.2 Å². The van der Waals surface area contributed by atoms with E-state index >= 15 is 0 Å². The number of Topliss-reactive ketones (excluding diaryl/α,β-unsaturated/α-hetero) is 8. The van der Waals surface area contributed by atoms with E-state index in [0.29, 0.717) is 135 Å². The zero-order valence-corrected chi connectivity index (χ0v) is 87.3. The average Bonchev–Trinajstić information content (AvgIpc) is 1.71. The number of unbranched alkanes of at least 4 members (excludes halogenated alkanes) is 51. The van der Waals surface area contributed by atoms with Crippen LogP contribution in [0.3, 0.4) is 0 Å². The third-order valence-electron chi connectivity index (χ3n) is 27.5. The van der Waals surface area contributed by atoms with E-state index in [1.807, 2.05) is 24.3 Å². The zero-order chi connectivity index (χ0) is 99.2. The first-order chi connectivity index (χ1) is 66.2. The lowest BCUT2D eigenvalue weighted by Gasteiger charge is -2.05. The van der Waals surface area contributed by atoms with E-state index in [-0.39, 0.29) is 125 Å². The summed E-state index contributed by atoms with van der Waals surface area (Å²) in [6.07, 6.45) is 83.9. The van der Waals surface area contributed by atoms with Crippen molar-refractivity contribution in [3.63, 3.8) is 0 Å². The topological polar surface area (TPSA) is 294 Å². The van der Waals surface area contributed by atoms with Crippen LogP contribution >= 0.6 is 0 Å². The van der Waals surface area contributed by atoms with E-state index < -0.39 is 0 Å². The highest BCUT2D eigenvalue weighted by atomic mass is 16.6. The van der Waals surface area contributed by atoms with Crippen LogP contribution in [-0.2, 0) is 108 Å². The summed E-state index contributed by atoms with van der Waals surface area (Å²) in [4.78, 5) is 161. The predicted molar refractivity (Wildman–Crippen MR) is 546 cm³/mol. The second-order valence-corrected chi connectivity index (χ2v) is 40.3. The largest absolute Gasteiger partial charge is 0.465 e. The molecule has 0 bridgehead atoms. The molecule has 0 N–H and O–H groups in total. The molecule has 20 heteroatoms. The van der Waals surface area contributed by atoms with E-state index in [2.05, 4.69) is 41.5 Å². The minimum absolute atomic E-state index is 0.00728. The van der Waals surface area contributed by atoms with Crippen LogP contribution in [0.1, 0.15) is 541 Å². The Bertz CT molecular complexity index is 3290. The second kappa shape index (κ2) is 88.6. The molecule has 6 unspecified atom stereocenters. The van der Waals surface area contributed by atoms with Crippen LogP contribution in [0.15, 0.2) is 24.3 Å². The molecule has 1 aromatic rings. The highest BCUT2D eigenvalue weighted by molar-refractivity contribution is 6.00. The molecular weight excluding hydrogens is 1710 g/mol. The maximum atomic E-state index is 11.8. The average molecular weight is 1910 g/mol. The van der Waals surface area contributed by atoms with Crippen molar-refractivity contribution >= 4 is 82.1 Å². The molecule has 780 valence electrons. The lowest BCUT2D eigenvalue weighted by atomic mass is 9.97. The molecule has 1 aromatic carbocycles. The van der Waals surface area contributed by atoms with Gasteiger partial charge < -0.3 is 28.4 Å². The molecule has 6 atom stereocenters. The van der Waals surface area contributed by atoms with Gasteiger partial charge in [0, 0.05) is 89.9 Å². The maximum Gasteiger partial charge on any atom is 0.309 e. The minimum Gasteiger partial charge on any atom is -0.465 e. The normalized spacial score (nSPS) is 17.7. The number of cyclic esters (lactones) is 6.